The van der Waals surface area contributed by atoms with Gasteiger partial charge in [0, 0.05) is 18.7 Å². The molecule has 0 fully saturated rings. The van der Waals surface area contributed by atoms with Crippen LogP contribution in [0.3, 0.4) is 0 Å². The summed E-state index contributed by atoms with van der Waals surface area (Å²) in [6, 6.07) is 6.42. The minimum absolute atomic E-state index is 0.0278. The van der Waals surface area contributed by atoms with Gasteiger partial charge in [0.1, 0.15) is 11.8 Å². The molecule has 0 radical (unpaired) electrons. The molecule has 0 aromatic heterocycles. The topological polar surface area (TPSA) is 58.6 Å². The summed E-state index contributed by atoms with van der Waals surface area (Å²) in [5, 5.41) is 2.88. The molecule has 5 nitrogen and oxygen atoms in total. The maximum Gasteiger partial charge on any atom is 0.252 e. The molecule has 128 valence electrons. The van der Waals surface area contributed by atoms with Crippen molar-refractivity contribution in [3.8, 4) is 5.75 Å². The number of hydrogen-bond donors (Lipinski definition) is 1. The predicted octanol–water partition coefficient (Wildman–Crippen LogP) is 2.71. The number of hydrogen-bond acceptors (Lipinski definition) is 3. The van der Waals surface area contributed by atoms with Crippen LogP contribution in [0.4, 0.5) is 0 Å². The van der Waals surface area contributed by atoms with Gasteiger partial charge in [0.05, 0.1) is 7.11 Å². The third-order valence-electron chi connectivity index (χ3n) is 3.72. The van der Waals surface area contributed by atoms with Crippen molar-refractivity contribution in [3.63, 3.8) is 0 Å². The summed E-state index contributed by atoms with van der Waals surface area (Å²) in [7, 11) is 1.56. The second kappa shape index (κ2) is 9.18. The number of nitrogens with zero attached hydrogens (tertiary/aromatic N) is 1. The Bertz CT molecular complexity index is 525. The van der Waals surface area contributed by atoms with Crippen molar-refractivity contribution in [2.75, 3.05) is 20.2 Å². The van der Waals surface area contributed by atoms with Gasteiger partial charge >= 0.3 is 0 Å². The van der Waals surface area contributed by atoms with Crippen LogP contribution < -0.4 is 10.1 Å². The van der Waals surface area contributed by atoms with E-state index in [-0.39, 0.29) is 11.8 Å². The average molecular weight is 320 g/mol. The summed E-state index contributed by atoms with van der Waals surface area (Å²) < 4.78 is 5.14. The van der Waals surface area contributed by atoms with Gasteiger partial charge in [0.25, 0.3) is 5.91 Å². The highest BCUT2D eigenvalue weighted by Crippen LogP contribution is 2.14. The molecule has 1 aromatic rings. The summed E-state index contributed by atoms with van der Waals surface area (Å²) >= 11 is 0. The Morgan fingerprint density at radius 2 is 1.87 bits per heavy atom. The van der Waals surface area contributed by atoms with Crippen molar-refractivity contribution in [2.45, 2.75) is 40.2 Å². The summed E-state index contributed by atoms with van der Waals surface area (Å²) in [5.41, 5.74) is 0.491. The number of methoxy groups -OCH3 is 1. The lowest BCUT2D eigenvalue weighted by Crippen LogP contribution is -2.49. The number of benzene rings is 1. The number of nitrogens with one attached hydrogen (secondary N) is 1. The Morgan fingerprint density at radius 1 is 1.22 bits per heavy atom. The molecule has 1 atom stereocenters. The Labute approximate surface area is 139 Å². The lowest BCUT2D eigenvalue weighted by Gasteiger charge is -2.27. The highest BCUT2D eigenvalue weighted by Gasteiger charge is 2.25. The molecular weight excluding hydrogens is 292 g/mol. The number of carbonyl (C=O) groups is 2. The maximum atomic E-state index is 12.6. The SMILES string of the molecule is CCN(CC)C(=O)[C@H](CC(C)C)NC(=O)c1cccc(OC)c1. The van der Waals surface area contributed by atoms with E-state index in [1.807, 2.05) is 27.7 Å². The first kappa shape index (κ1) is 19.0. The molecule has 0 unspecified atom stereocenters. The predicted molar refractivity (Wildman–Crippen MR) is 91.6 cm³/mol. The Balaban J connectivity index is 2.91. The molecule has 2 amide bonds. The largest absolute Gasteiger partial charge is 0.497 e. The van der Waals surface area contributed by atoms with Crippen molar-refractivity contribution in [1.29, 1.82) is 0 Å². The monoisotopic (exact) mass is 320 g/mol. The minimum Gasteiger partial charge on any atom is -0.497 e. The number of carbonyl (C=O) groups excluding carboxylic acids is 2. The van der Waals surface area contributed by atoms with E-state index in [0.717, 1.165) is 0 Å². The van der Waals surface area contributed by atoms with Gasteiger partial charge in [-0.3, -0.25) is 9.59 Å². The molecular formula is C18H28N2O3. The summed E-state index contributed by atoms with van der Waals surface area (Å²) in [4.78, 5) is 26.8. The smallest absolute Gasteiger partial charge is 0.252 e. The molecule has 0 spiro atoms. The van der Waals surface area contributed by atoms with E-state index >= 15 is 0 Å². The van der Waals surface area contributed by atoms with E-state index in [1.54, 1.807) is 36.3 Å². The molecule has 0 saturated carbocycles. The second-order valence-corrected chi connectivity index (χ2v) is 5.90. The normalized spacial score (nSPS) is 11.9. The van der Waals surface area contributed by atoms with Crippen LogP contribution in [0.1, 0.15) is 44.5 Å². The van der Waals surface area contributed by atoms with Gasteiger partial charge in [-0.05, 0) is 44.4 Å². The van der Waals surface area contributed by atoms with E-state index in [9.17, 15) is 9.59 Å². The quantitative estimate of drug-likeness (QED) is 0.801. The van der Waals surface area contributed by atoms with E-state index in [2.05, 4.69) is 5.32 Å². The minimum atomic E-state index is -0.506. The highest BCUT2D eigenvalue weighted by atomic mass is 16.5. The van der Waals surface area contributed by atoms with E-state index in [4.69, 9.17) is 4.74 Å². The van der Waals surface area contributed by atoms with Gasteiger partial charge in [-0.15, -0.1) is 0 Å². The zero-order valence-corrected chi connectivity index (χ0v) is 14.8. The fourth-order valence-corrected chi connectivity index (χ4v) is 2.45. The van der Waals surface area contributed by atoms with Gasteiger partial charge in [0.2, 0.25) is 5.91 Å². The Hall–Kier alpha value is -2.04. The molecule has 5 heteroatoms. The van der Waals surface area contributed by atoms with Crippen LogP contribution >= 0.6 is 0 Å². The summed E-state index contributed by atoms with van der Waals surface area (Å²) in [5.74, 6) is 0.647. The average Bonchev–Trinajstić information content (AvgIpc) is 2.54. The van der Waals surface area contributed by atoms with Gasteiger partial charge in [-0.2, -0.15) is 0 Å². The maximum absolute atomic E-state index is 12.6. The van der Waals surface area contributed by atoms with E-state index in [1.165, 1.54) is 0 Å². The zero-order chi connectivity index (χ0) is 17.4. The van der Waals surface area contributed by atoms with Gasteiger partial charge in [-0.1, -0.05) is 19.9 Å². The number of amides is 2. The van der Waals surface area contributed by atoms with Crippen molar-refractivity contribution in [2.24, 2.45) is 5.92 Å². The van der Waals surface area contributed by atoms with Crippen LogP contribution in [0.2, 0.25) is 0 Å². The van der Waals surface area contributed by atoms with Crippen molar-refractivity contribution >= 4 is 11.8 Å². The molecule has 1 aromatic carbocycles. The number of ether oxygens (including phenoxy) is 1. The molecule has 0 bridgehead atoms. The third kappa shape index (κ3) is 5.58. The molecule has 0 aliphatic heterocycles. The van der Waals surface area contributed by atoms with Crippen LogP contribution in [-0.2, 0) is 4.79 Å². The Kier molecular flexibility index (Phi) is 7.59. The molecule has 0 saturated heterocycles. The fourth-order valence-electron chi connectivity index (χ4n) is 2.45. The third-order valence-corrected chi connectivity index (χ3v) is 3.72. The number of rotatable bonds is 8. The lowest BCUT2D eigenvalue weighted by molar-refractivity contribution is -0.133. The van der Waals surface area contributed by atoms with Crippen molar-refractivity contribution < 1.29 is 14.3 Å². The van der Waals surface area contributed by atoms with Crippen LogP contribution in [-0.4, -0.2) is 43.0 Å². The summed E-state index contributed by atoms with van der Waals surface area (Å²) in [6.07, 6.45) is 0.616. The molecule has 23 heavy (non-hydrogen) atoms. The molecule has 0 aliphatic carbocycles. The summed E-state index contributed by atoms with van der Waals surface area (Å²) in [6.45, 7) is 9.24. The van der Waals surface area contributed by atoms with Crippen molar-refractivity contribution in [1.82, 2.24) is 10.2 Å². The fraction of sp³-hybridized carbons (Fsp3) is 0.556. The molecule has 1 N–H and O–H groups in total. The van der Waals surface area contributed by atoms with Gasteiger partial charge in [0.15, 0.2) is 0 Å². The van der Waals surface area contributed by atoms with Crippen LogP contribution in [0.25, 0.3) is 0 Å². The molecule has 1 rings (SSSR count). The zero-order valence-electron chi connectivity index (χ0n) is 14.8. The first-order valence-electron chi connectivity index (χ1n) is 8.16. The van der Waals surface area contributed by atoms with Crippen LogP contribution in [0, 0.1) is 5.92 Å². The second-order valence-electron chi connectivity index (χ2n) is 5.90. The van der Waals surface area contributed by atoms with Gasteiger partial charge < -0.3 is 15.0 Å². The molecule has 0 heterocycles. The van der Waals surface area contributed by atoms with E-state index in [0.29, 0.717) is 36.7 Å². The lowest BCUT2D eigenvalue weighted by atomic mass is 10.0. The van der Waals surface area contributed by atoms with Crippen LogP contribution in [0.15, 0.2) is 24.3 Å². The van der Waals surface area contributed by atoms with Crippen LogP contribution in [0.5, 0.6) is 5.75 Å². The highest BCUT2D eigenvalue weighted by molar-refractivity contribution is 5.97. The first-order valence-corrected chi connectivity index (χ1v) is 8.16. The van der Waals surface area contributed by atoms with Crippen molar-refractivity contribution in [3.05, 3.63) is 29.8 Å². The van der Waals surface area contributed by atoms with E-state index < -0.39 is 6.04 Å². The first-order chi connectivity index (χ1) is 10.9. The standard InChI is InChI=1S/C18H28N2O3/c1-6-20(7-2)18(22)16(11-13(3)4)19-17(21)14-9-8-10-15(12-14)23-5/h8-10,12-13,16H,6-7,11H2,1-5H3,(H,19,21)/t16-/m0/s1. The molecule has 0 aliphatic rings. The number of likely N-dealkylation sites (N-methyl/N-ethyl adjacent to an activating group) is 1. The van der Waals surface area contributed by atoms with Gasteiger partial charge in [-0.25, -0.2) is 0 Å². The Morgan fingerprint density at radius 3 is 2.39 bits per heavy atom.